The molecule has 0 aliphatic heterocycles. The second-order valence-electron chi connectivity index (χ2n) is 4.41. The number of hydrogen-bond acceptors (Lipinski definition) is 5. The Morgan fingerprint density at radius 1 is 1.20 bits per heavy atom. The molecule has 4 nitrogen and oxygen atoms in total. The second-order valence-corrected chi connectivity index (χ2v) is 5.70. The standard InChI is InChI=1S/C15H14O4S/c1-9-3-5-11(7-12(9)16)15(18)19-8-13(17)14-6-4-10(2)20-14/h3-7,16H,8H2,1-2H3. The molecule has 5 heteroatoms. The minimum atomic E-state index is -0.623. The fraction of sp³-hybridized carbons (Fsp3) is 0.200. The lowest BCUT2D eigenvalue weighted by molar-refractivity contribution is 0.0475. The van der Waals surface area contributed by atoms with Crippen LogP contribution in [0, 0.1) is 13.8 Å². The molecule has 20 heavy (non-hydrogen) atoms. The topological polar surface area (TPSA) is 63.6 Å². The van der Waals surface area contributed by atoms with Crippen LogP contribution in [0.5, 0.6) is 5.75 Å². The molecule has 0 aliphatic carbocycles. The van der Waals surface area contributed by atoms with E-state index in [2.05, 4.69) is 0 Å². The first-order valence-corrected chi connectivity index (χ1v) is 6.85. The third kappa shape index (κ3) is 3.24. The van der Waals surface area contributed by atoms with Gasteiger partial charge in [0.1, 0.15) is 5.75 Å². The van der Waals surface area contributed by atoms with Crippen LogP contribution < -0.4 is 0 Å². The number of aryl methyl sites for hydroxylation is 2. The van der Waals surface area contributed by atoms with Crippen molar-refractivity contribution in [3.8, 4) is 5.75 Å². The Balaban J connectivity index is 1.98. The van der Waals surface area contributed by atoms with Gasteiger partial charge in [-0.1, -0.05) is 6.07 Å². The Morgan fingerprint density at radius 2 is 1.95 bits per heavy atom. The first kappa shape index (κ1) is 14.3. The third-order valence-electron chi connectivity index (χ3n) is 2.79. The van der Waals surface area contributed by atoms with Gasteiger partial charge in [0, 0.05) is 4.88 Å². The van der Waals surface area contributed by atoms with Crippen molar-refractivity contribution in [2.24, 2.45) is 0 Å². The van der Waals surface area contributed by atoms with E-state index in [1.807, 2.05) is 13.0 Å². The van der Waals surface area contributed by atoms with Crippen LogP contribution in [0.25, 0.3) is 0 Å². The Morgan fingerprint density at radius 3 is 2.55 bits per heavy atom. The molecule has 2 rings (SSSR count). The summed E-state index contributed by atoms with van der Waals surface area (Å²) in [7, 11) is 0. The lowest BCUT2D eigenvalue weighted by Crippen LogP contribution is -2.13. The van der Waals surface area contributed by atoms with Crippen molar-refractivity contribution in [3.63, 3.8) is 0 Å². The number of Topliss-reactive ketones (excluding diaryl/α,β-unsaturated/α-hetero) is 1. The van der Waals surface area contributed by atoms with Crippen LogP contribution in [0.2, 0.25) is 0 Å². The molecular weight excluding hydrogens is 276 g/mol. The number of rotatable bonds is 4. The predicted octanol–water partition coefficient (Wildman–Crippen LogP) is 3.11. The lowest BCUT2D eigenvalue weighted by atomic mass is 10.1. The molecule has 104 valence electrons. The summed E-state index contributed by atoms with van der Waals surface area (Å²) in [5, 5.41) is 9.53. The Kier molecular flexibility index (Phi) is 4.20. The van der Waals surface area contributed by atoms with Crippen molar-refractivity contribution in [1.29, 1.82) is 0 Å². The lowest BCUT2D eigenvalue weighted by Gasteiger charge is -2.05. The quantitative estimate of drug-likeness (QED) is 0.694. The molecule has 2 aromatic rings. The summed E-state index contributed by atoms with van der Waals surface area (Å²) in [5.74, 6) is -0.825. The number of ketones is 1. The number of ether oxygens (including phenoxy) is 1. The highest BCUT2D eigenvalue weighted by Crippen LogP contribution is 2.19. The second kappa shape index (κ2) is 5.88. The molecule has 0 aliphatic rings. The Hall–Kier alpha value is -2.14. The number of phenolic OH excluding ortho intramolecular Hbond substituents is 1. The Labute approximate surface area is 120 Å². The summed E-state index contributed by atoms with van der Waals surface area (Å²) in [6, 6.07) is 8.07. The van der Waals surface area contributed by atoms with Crippen molar-refractivity contribution in [3.05, 3.63) is 51.2 Å². The molecule has 0 fully saturated rings. The van der Waals surface area contributed by atoms with Crippen molar-refractivity contribution in [2.75, 3.05) is 6.61 Å². The summed E-state index contributed by atoms with van der Waals surface area (Å²) < 4.78 is 4.96. The van der Waals surface area contributed by atoms with Gasteiger partial charge < -0.3 is 9.84 Å². The fourth-order valence-corrected chi connectivity index (χ4v) is 2.40. The molecule has 0 spiro atoms. The zero-order chi connectivity index (χ0) is 14.7. The molecule has 0 radical (unpaired) electrons. The minimum Gasteiger partial charge on any atom is -0.508 e. The number of carbonyl (C=O) groups excluding carboxylic acids is 2. The molecular formula is C15H14O4S. The van der Waals surface area contributed by atoms with E-state index in [1.54, 1.807) is 25.1 Å². The number of carbonyl (C=O) groups is 2. The molecule has 0 atom stereocenters. The summed E-state index contributed by atoms with van der Waals surface area (Å²) in [6.07, 6.45) is 0. The first-order valence-electron chi connectivity index (χ1n) is 6.04. The van der Waals surface area contributed by atoms with Gasteiger partial charge in [-0.2, -0.15) is 0 Å². The zero-order valence-corrected chi connectivity index (χ0v) is 12.0. The van der Waals surface area contributed by atoms with Crippen molar-refractivity contribution >= 4 is 23.1 Å². The van der Waals surface area contributed by atoms with Crippen LogP contribution in [0.15, 0.2) is 30.3 Å². The minimum absolute atomic E-state index is 0.0275. The van der Waals surface area contributed by atoms with Crippen LogP contribution in [0.3, 0.4) is 0 Å². The number of esters is 1. The summed E-state index contributed by atoms with van der Waals surface area (Å²) in [4.78, 5) is 25.2. The maximum absolute atomic E-state index is 11.8. The number of aromatic hydroxyl groups is 1. The molecule has 1 aromatic heterocycles. The highest BCUT2D eigenvalue weighted by molar-refractivity contribution is 7.14. The maximum Gasteiger partial charge on any atom is 0.338 e. The van der Waals surface area contributed by atoms with Gasteiger partial charge in [-0.05, 0) is 43.7 Å². The van der Waals surface area contributed by atoms with Gasteiger partial charge in [-0.15, -0.1) is 11.3 Å². The molecule has 0 saturated carbocycles. The summed E-state index contributed by atoms with van der Waals surface area (Å²) in [5.41, 5.74) is 0.898. The highest BCUT2D eigenvalue weighted by atomic mass is 32.1. The Bertz CT molecular complexity index is 658. The zero-order valence-electron chi connectivity index (χ0n) is 11.2. The van der Waals surface area contributed by atoms with E-state index in [0.29, 0.717) is 10.4 Å². The van der Waals surface area contributed by atoms with Gasteiger partial charge in [0.15, 0.2) is 6.61 Å². The number of phenols is 1. The first-order chi connectivity index (χ1) is 9.47. The smallest absolute Gasteiger partial charge is 0.338 e. The van der Waals surface area contributed by atoms with Crippen LogP contribution in [0.4, 0.5) is 0 Å². The van der Waals surface area contributed by atoms with Crippen molar-refractivity contribution in [2.45, 2.75) is 13.8 Å². The van der Waals surface area contributed by atoms with Crippen molar-refractivity contribution in [1.82, 2.24) is 0 Å². The molecule has 0 bridgehead atoms. The van der Waals surface area contributed by atoms with E-state index < -0.39 is 5.97 Å². The van der Waals surface area contributed by atoms with Crippen LogP contribution in [-0.2, 0) is 4.74 Å². The molecule has 1 aromatic carbocycles. The van der Waals surface area contributed by atoms with E-state index in [9.17, 15) is 14.7 Å². The van der Waals surface area contributed by atoms with E-state index in [4.69, 9.17) is 4.74 Å². The number of benzene rings is 1. The highest BCUT2D eigenvalue weighted by Gasteiger charge is 2.14. The predicted molar refractivity (Wildman–Crippen MR) is 76.5 cm³/mol. The number of thiophene rings is 1. The molecule has 0 amide bonds. The van der Waals surface area contributed by atoms with Gasteiger partial charge in [-0.3, -0.25) is 4.79 Å². The molecule has 1 N–H and O–H groups in total. The van der Waals surface area contributed by atoms with E-state index >= 15 is 0 Å². The fourth-order valence-electron chi connectivity index (χ4n) is 1.61. The third-order valence-corrected chi connectivity index (χ3v) is 3.84. The van der Waals surface area contributed by atoms with Crippen LogP contribution in [0.1, 0.15) is 30.5 Å². The summed E-state index contributed by atoms with van der Waals surface area (Å²) in [6.45, 7) is 3.34. The van der Waals surface area contributed by atoms with Gasteiger partial charge in [0.25, 0.3) is 0 Å². The van der Waals surface area contributed by atoms with Crippen LogP contribution in [-0.4, -0.2) is 23.5 Å². The largest absolute Gasteiger partial charge is 0.508 e. The van der Waals surface area contributed by atoms with Crippen LogP contribution >= 0.6 is 11.3 Å². The monoisotopic (exact) mass is 290 g/mol. The normalized spacial score (nSPS) is 10.3. The van der Waals surface area contributed by atoms with Gasteiger partial charge in [-0.25, -0.2) is 4.79 Å². The maximum atomic E-state index is 11.8. The van der Waals surface area contributed by atoms with E-state index in [0.717, 1.165) is 4.88 Å². The van der Waals surface area contributed by atoms with Gasteiger partial charge in [0.2, 0.25) is 5.78 Å². The molecule has 0 saturated heterocycles. The van der Waals surface area contributed by atoms with Crippen molar-refractivity contribution < 1.29 is 19.4 Å². The van der Waals surface area contributed by atoms with Gasteiger partial charge in [0.05, 0.1) is 10.4 Å². The average molecular weight is 290 g/mol. The number of hydrogen-bond donors (Lipinski definition) is 1. The van der Waals surface area contributed by atoms with E-state index in [1.165, 1.54) is 17.4 Å². The SMILES string of the molecule is Cc1ccc(C(=O)COC(=O)c2ccc(C)c(O)c2)s1. The summed E-state index contributed by atoms with van der Waals surface area (Å²) >= 11 is 1.37. The molecule has 1 heterocycles. The van der Waals surface area contributed by atoms with E-state index in [-0.39, 0.29) is 23.7 Å². The average Bonchev–Trinajstić information content (AvgIpc) is 2.85. The van der Waals surface area contributed by atoms with Gasteiger partial charge >= 0.3 is 5.97 Å². The molecule has 0 unspecified atom stereocenters.